The molecule has 15 heavy (non-hydrogen) atoms. The Bertz CT molecular complexity index is 431. The van der Waals surface area contributed by atoms with E-state index in [9.17, 15) is 0 Å². The molecule has 0 fully saturated rings. The van der Waals surface area contributed by atoms with Crippen molar-refractivity contribution in [3.05, 3.63) is 54.1 Å². The van der Waals surface area contributed by atoms with E-state index in [4.69, 9.17) is 10.5 Å². The van der Waals surface area contributed by atoms with Gasteiger partial charge in [-0.1, -0.05) is 30.3 Å². The standard InChI is InChI=1S/C13H13NO/c1-10-6-5-9-12(14)13(10)15-11-7-3-2-4-8-11/h2-9H,14H2,1H3. The molecule has 0 amide bonds. The molecule has 0 aliphatic carbocycles. The van der Waals surface area contributed by atoms with Crippen LogP contribution in [0.4, 0.5) is 5.69 Å². The molecule has 0 aliphatic heterocycles. The highest BCUT2D eigenvalue weighted by Gasteiger charge is 2.04. The summed E-state index contributed by atoms with van der Waals surface area (Å²) in [5.74, 6) is 1.54. The normalized spacial score (nSPS) is 9.93. The summed E-state index contributed by atoms with van der Waals surface area (Å²) in [5, 5.41) is 0. The zero-order valence-electron chi connectivity index (χ0n) is 8.60. The first-order valence-electron chi connectivity index (χ1n) is 4.85. The molecular weight excluding hydrogens is 186 g/mol. The van der Waals surface area contributed by atoms with Crippen molar-refractivity contribution in [2.45, 2.75) is 6.92 Å². The molecule has 0 bridgehead atoms. The fraction of sp³-hybridized carbons (Fsp3) is 0.0769. The van der Waals surface area contributed by atoms with Gasteiger partial charge in [-0.3, -0.25) is 0 Å². The predicted octanol–water partition coefficient (Wildman–Crippen LogP) is 3.37. The van der Waals surface area contributed by atoms with Crippen LogP contribution in [0.15, 0.2) is 48.5 Å². The molecule has 2 aromatic carbocycles. The summed E-state index contributed by atoms with van der Waals surface area (Å²) in [6.45, 7) is 1.98. The fourth-order valence-corrected chi connectivity index (χ4v) is 1.42. The Labute approximate surface area is 89.3 Å². The van der Waals surface area contributed by atoms with Gasteiger partial charge in [0, 0.05) is 0 Å². The van der Waals surface area contributed by atoms with Crippen LogP contribution in [0.2, 0.25) is 0 Å². The van der Waals surface area contributed by atoms with Crippen molar-refractivity contribution in [1.82, 2.24) is 0 Å². The number of ether oxygens (including phenoxy) is 1. The van der Waals surface area contributed by atoms with Gasteiger partial charge < -0.3 is 10.5 Å². The van der Waals surface area contributed by atoms with Crippen molar-refractivity contribution >= 4 is 5.69 Å². The summed E-state index contributed by atoms with van der Waals surface area (Å²) in [6, 6.07) is 15.4. The maximum Gasteiger partial charge on any atom is 0.153 e. The molecule has 0 atom stereocenters. The van der Waals surface area contributed by atoms with Gasteiger partial charge in [-0.05, 0) is 30.7 Å². The zero-order valence-corrected chi connectivity index (χ0v) is 8.60. The first kappa shape index (κ1) is 9.59. The van der Waals surface area contributed by atoms with E-state index in [1.54, 1.807) is 0 Å². The van der Waals surface area contributed by atoms with Gasteiger partial charge in [-0.2, -0.15) is 0 Å². The first-order chi connectivity index (χ1) is 7.27. The van der Waals surface area contributed by atoms with E-state index >= 15 is 0 Å². The van der Waals surface area contributed by atoms with E-state index in [0.717, 1.165) is 17.1 Å². The third-order valence-corrected chi connectivity index (χ3v) is 2.21. The smallest absolute Gasteiger partial charge is 0.153 e. The van der Waals surface area contributed by atoms with Crippen LogP contribution in [0, 0.1) is 6.92 Å². The second-order valence-electron chi connectivity index (χ2n) is 3.41. The Morgan fingerprint density at radius 1 is 0.933 bits per heavy atom. The molecule has 76 valence electrons. The number of rotatable bonds is 2. The van der Waals surface area contributed by atoms with Crippen LogP contribution in [0.3, 0.4) is 0 Å². The SMILES string of the molecule is Cc1cccc(N)c1Oc1ccccc1. The molecule has 0 radical (unpaired) electrons. The highest BCUT2D eigenvalue weighted by Crippen LogP contribution is 2.30. The highest BCUT2D eigenvalue weighted by molar-refractivity contribution is 5.57. The maximum absolute atomic E-state index is 5.84. The summed E-state index contributed by atoms with van der Waals surface area (Å²) in [6.07, 6.45) is 0. The van der Waals surface area contributed by atoms with Gasteiger partial charge in [0.1, 0.15) is 5.75 Å². The van der Waals surface area contributed by atoms with E-state index < -0.39 is 0 Å². The lowest BCUT2D eigenvalue weighted by atomic mass is 10.2. The van der Waals surface area contributed by atoms with Crippen molar-refractivity contribution < 1.29 is 4.74 Å². The molecule has 0 saturated heterocycles. The number of benzene rings is 2. The number of hydrogen-bond acceptors (Lipinski definition) is 2. The van der Waals surface area contributed by atoms with Crippen LogP contribution < -0.4 is 10.5 Å². The van der Waals surface area contributed by atoms with Gasteiger partial charge in [0.15, 0.2) is 5.75 Å². The fourth-order valence-electron chi connectivity index (χ4n) is 1.42. The van der Waals surface area contributed by atoms with Crippen LogP contribution in [-0.4, -0.2) is 0 Å². The van der Waals surface area contributed by atoms with E-state index in [-0.39, 0.29) is 0 Å². The Morgan fingerprint density at radius 2 is 1.67 bits per heavy atom. The molecule has 2 rings (SSSR count). The highest BCUT2D eigenvalue weighted by atomic mass is 16.5. The molecule has 0 aliphatic rings. The number of anilines is 1. The molecule has 2 N–H and O–H groups in total. The lowest BCUT2D eigenvalue weighted by Crippen LogP contribution is -1.93. The second kappa shape index (κ2) is 4.05. The van der Waals surface area contributed by atoms with Gasteiger partial charge >= 0.3 is 0 Å². The van der Waals surface area contributed by atoms with Crippen LogP contribution in [0.5, 0.6) is 11.5 Å². The number of nitrogen functional groups attached to an aromatic ring is 1. The average molecular weight is 199 g/mol. The van der Waals surface area contributed by atoms with Crippen molar-refractivity contribution in [2.24, 2.45) is 0 Å². The Balaban J connectivity index is 2.32. The summed E-state index contributed by atoms with van der Waals surface area (Å²) >= 11 is 0. The quantitative estimate of drug-likeness (QED) is 0.752. The van der Waals surface area contributed by atoms with E-state index in [2.05, 4.69) is 0 Å². The molecular formula is C13H13NO. The molecule has 0 spiro atoms. The van der Waals surface area contributed by atoms with Crippen molar-refractivity contribution in [2.75, 3.05) is 5.73 Å². The number of para-hydroxylation sites is 2. The lowest BCUT2D eigenvalue weighted by Gasteiger charge is -2.10. The molecule has 0 aromatic heterocycles. The number of aryl methyl sites for hydroxylation is 1. The summed E-state index contributed by atoms with van der Waals surface area (Å²) in [4.78, 5) is 0. The van der Waals surface area contributed by atoms with Crippen LogP contribution in [0.1, 0.15) is 5.56 Å². The third kappa shape index (κ3) is 2.10. The predicted molar refractivity (Wildman–Crippen MR) is 62.1 cm³/mol. The minimum Gasteiger partial charge on any atom is -0.455 e. The Morgan fingerprint density at radius 3 is 2.33 bits per heavy atom. The van der Waals surface area contributed by atoms with E-state index in [0.29, 0.717) is 5.69 Å². The maximum atomic E-state index is 5.84. The number of nitrogens with two attached hydrogens (primary N) is 1. The summed E-state index contributed by atoms with van der Waals surface area (Å²) in [5.41, 5.74) is 7.55. The topological polar surface area (TPSA) is 35.2 Å². The molecule has 2 nitrogen and oxygen atoms in total. The van der Waals surface area contributed by atoms with E-state index in [1.165, 1.54) is 0 Å². The lowest BCUT2D eigenvalue weighted by molar-refractivity contribution is 0.481. The molecule has 0 saturated carbocycles. The van der Waals surface area contributed by atoms with Gasteiger partial charge in [0.2, 0.25) is 0 Å². The minimum absolute atomic E-state index is 0.666. The van der Waals surface area contributed by atoms with Crippen LogP contribution in [0.25, 0.3) is 0 Å². The van der Waals surface area contributed by atoms with Gasteiger partial charge in [0.25, 0.3) is 0 Å². The first-order valence-corrected chi connectivity index (χ1v) is 4.85. The van der Waals surface area contributed by atoms with Crippen molar-refractivity contribution in [3.8, 4) is 11.5 Å². The largest absolute Gasteiger partial charge is 0.455 e. The monoisotopic (exact) mass is 199 g/mol. The van der Waals surface area contributed by atoms with Gasteiger partial charge in [0.05, 0.1) is 5.69 Å². The molecule has 2 aromatic rings. The Kier molecular flexibility index (Phi) is 2.59. The van der Waals surface area contributed by atoms with E-state index in [1.807, 2.05) is 55.5 Å². The Hall–Kier alpha value is -1.96. The third-order valence-electron chi connectivity index (χ3n) is 2.21. The molecule has 0 unspecified atom stereocenters. The summed E-state index contributed by atoms with van der Waals surface area (Å²) < 4.78 is 5.71. The van der Waals surface area contributed by atoms with Crippen LogP contribution >= 0.6 is 0 Å². The molecule has 2 heteroatoms. The number of hydrogen-bond donors (Lipinski definition) is 1. The summed E-state index contributed by atoms with van der Waals surface area (Å²) in [7, 11) is 0. The average Bonchev–Trinajstić information content (AvgIpc) is 2.25. The second-order valence-corrected chi connectivity index (χ2v) is 3.41. The molecule has 0 heterocycles. The minimum atomic E-state index is 0.666. The van der Waals surface area contributed by atoms with Crippen molar-refractivity contribution in [3.63, 3.8) is 0 Å². The zero-order chi connectivity index (χ0) is 10.7. The van der Waals surface area contributed by atoms with Crippen molar-refractivity contribution in [1.29, 1.82) is 0 Å². The van der Waals surface area contributed by atoms with Gasteiger partial charge in [-0.15, -0.1) is 0 Å². The van der Waals surface area contributed by atoms with Crippen LogP contribution in [-0.2, 0) is 0 Å². The van der Waals surface area contributed by atoms with Gasteiger partial charge in [-0.25, -0.2) is 0 Å².